The van der Waals surface area contributed by atoms with E-state index < -0.39 is 0 Å². The molecule has 1 radical (unpaired) electrons. The number of para-hydroxylation sites is 1. The number of imidazole rings is 1. The molecule has 0 amide bonds. The minimum atomic E-state index is 0. The Bertz CT molecular complexity index is 1790. The van der Waals surface area contributed by atoms with Crippen LogP contribution < -0.4 is 0 Å². The zero-order valence-electron chi connectivity index (χ0n) is 17.3. The van der Waals surface area contributed by atoms with Gasteiger partial charge < -0.3 is 8.97 Å². The molecule has 4 heterocycles. The van der Waals surface area contributed by atoms with Crippen LogP contribution in [0.3, 0.4) is 0 Å². The van der Waals surface area contributed by atoms with Gasteiger partial charge in [0.2, 0.25) is 0 Å². The maximum absolute atomic E-state index is 4.60. The Morgan fingerprint density at radius 1 is 0.906 bits per heavy atom. The van der Waals surface area contributed by atoms with E-state index in [2.05, 4.69) is 93.8 Å². The third-order valence-electron chi connectivity index (χ3n) is 6.32. The van der Waals surface area contributed by atoms with Crippen molar-refractivity contribution in [3.63, 3.8) is 0 Å². The summed E-state index contributed by atoms with van der Waals surface area (Å²) in [6.07, 6.45) is 3.93. The molecule has 5 heteroatoms. The maximum Gasteiger partial charge on any atom is 0.0913 e. The van der Waals surface area contributed by atoms with Crippen LogP contribution in [-0.4, -0.2) is 14.0 Å². The molecule has 157 valence electrons. The quantitative estimate of drug-likeness (QED) is 0.189. The summed E-state index contributed by atoms with van der Waals surface area (Å²) in [4.78, 5) is 7.10. The van der Waals surface area contributed by atoms with Gasteiger partial charge in [0.25, 0.3) is 0 Å². The van der Waals surface area contributed by atoms with Crippen LogP contribution in [0.1, 0.15) is 6.92 Å². The molecule has 0 aliphatic rings. The first-order valence-corrected chi connectivity index (χ1v) is 11.4. The summed E-state index contributed by atoms with van der Waals surface area (Å²) in [5.74, 6) is 0. The normalized spacial score (nSPS) is 11.8. The Morgan fingerprint density at radius 3 is 2.66 bits per heavy atom. The van der Waals surface area contributed by atoms with Gasteiger partial charge in [-0.1, -0.05) is 29.7 Å². The fraction of sp³-hybridized carbons (Fsp3) is 0.0741. The predicted molar refractivity (Wildman–Crippen MR) is 131 cm³/mol. The summed E-state index contributed by atoms with van der Waals surface area (Å²) < 4.78 is 4.60. The molecular weight excluding hydrogens is 591 g/mol. The van der Waals surface area contributed by atoms with Gasteiger partial charge in [-0.25, -0.2) is 0 Å². The molecule has 0 aliphatic heterocycles. The first-order valence-electron chi connectivity index (χ1n) is 10.5. The summed E-state index contributed by atoms with van der Waals surface area (Å²) in [5.41, 5.74) is 4.83. The van der Waals surface area contributed by atoms with Crippen molar-refractivity contribution in [1.82, 2.24) is 14.0 Å². The van der Waals surface area contributed by atoms with Gasteiger partial charge in [0, 0.05) is 65.7 Å². The van der Waals surface area contributed by atoms with Crippen LogP contribution in [-0.2, 0) is 26.7 Å². The van der Waals surface area contributed by atoms with Gasteiger partial charge in [-0.05, 0) is 42.1 Å². The van der Waals surface area contributed by atoms with Gasteiger partial charge in [0.1, 0.15) is 0 Å². The Labute approximate surface area is 202 Å². The SMILES string of the molecule is CCn1c2ccccc2c2cc(-c3cc4c5ccc[c-]c5c5nccn5c4s3)ccc21.[Ir]. The fourth-order valence-corrected chi connectivity index (χ4v) is 6.10. The molecule has 7 aromatic rings. The van der Waals surface area contributed by atoms with E-state index in [0.29, 0.717) is 0 Å². The molecule has 0 fully saturated rings. The minimum Gasteiger partial charge on any atom is -0.341 e. The largest absolute Gasteiger partial charge is 0.341 e. The molecule has 3 nitrogen and oxygen atoms in total. The smallest absolute Gasteiger partial charge is 0.0913 e. The number of rotatable bonds is 2. The van der Waals surface area contributed by atoms with Crippen molar-refractivity contribution in [2.75, 3.05) is 0 Å². The summed E-state index contributed by atoms with van der Waals surface area (Å²) in [7, 11) is 0. The molecule has 0 N–H and O–H groups in total. The summed E-state index contributed by atoms with van der Waals surface area (Å²) in [5, 5.41) is 6.18. The van der Waals surface area contributed by atoms with E-state index in [1.54, 1.807) is 0 Å². The zero-order chi connectivity index (χ0) is 20.5. The van der Waals surface area contributed by atoms with Crippen LogP contribution in [0.25, 0.3) is 58.9 Å². The van der Waals surface area contributed by atoms with Crippen LogP contribution in [0.5, 0.6) is 0 Å². The van der Waals surface area contributed by atoms with Gasteiger partial charge in [0.05, 0.1) is 10.5 Å². The standard InChI is InChI=1S/C27H18N3S.Ir/c1-2-29-23-10-6-5-8-19(23)21-15-17(11-12-24(21)29)25-16-22-18-7-3-4-9-20(18)26-28-13-14-30(26)27(22)31-25;/h3-8,10-16H,2H2,1H3;/q-1;. The summed E-state index contributed by atoms with van der Waals surface area (Å²) >= 11 is 1.83. The molecule has 32 heavy (non-hydrogen) atoms. The van der Waals surface area contributed by atoms with Crippen molar-refractivity contribution in [3.8, 4) is 10.4 Å². The van der Waals surface area contributed by atoms with Gasteiger partial charge in [-0.3, -0.25) is 4.98 Å². The second-order valence-electron chi connectivity index (χ2n) is 7.90. The maximum atomic E-state index is 4.60. The molecular formula is C27H18IrN3S-. The van der Waals surface area contributed by atoms with Crippen LogP contribution in [0, 0.1) is 6.07 Å². The Balaban J connectivity index is 0.00000196. The van der Waals surface area contributed by atoms with Crippen LogP contribution in [0.15, 0.2) is 79.1 Å². The number of aryl methyl sites for hydroxylation is 1. The predicted octanol–water partition coefficient (Wildman–Crippen LogP) is 7.29. The van der Waals surface area contributed by atoms with Crippen LogP contribution >= 0.6 is 11.3 Å². The van der Waals surface area contributed by atoms with E-state index in [1.807, 2.05) is 23.6 Å². The number of thiophene rings is 1. The topological polar surface area (TPSA) is 22.2 Å². The summed E-state index contributed by atoms with van der Waals surface area (Å²) in [6.45, 7) is 3.18. The van der Waals surface area contributed by atoms with Gasteiger partial charge >= 0.3 is 0 Å². The number of fused-ring (bicyclic) bond motifs is 9. The number of nitrogens with zero attached hydrogens (tertiary/aromatic N) is 3. The van der Waals surface area contributed by atoms with E-state index in [4.69, 9.17) is 0 Å². The van der Waals surface area contributed by atoms with Crippen molar-refractivity contribution in [3.05, 3.63) is 85.2 Å². The average Bonchev–Trinajstić information content (AvgIpc) is 3.54. The van der Waals surface area contributed by atoms with E-state index >= 15 is 0 Å². The minimum absolute atomic E-state index is 0. The first kappa shape index (κ1) is 19.7. The van der Waals surface area contributed by atoms with Gasteiger partial charge in [-0.15, -0.1) is 41.0 Å². The Hall–Kier alpha value is -2.98. The van der Waals surface area contributed by atoms with Crippen molar-refractivity contribution < 1.29 is 20.1 Å². The Kier molecular flexibility index (Phi) is 4.48. The van der Waals surface area contributed by atoms with E-state index in [0.717, 1.165) is 17.6 Å². The third-order valence-corrected chi connectivity index (χ3v) is 7.50. The molecule has 4 aromatic heterocycles. The van der Waals surface area contributed by atoms with E-state index in [-0.39, 0.29) is 20.1 Å². The molecule has 0 spiro atoms. The number of hydrogen-bond acceptors (Lipinski definition) is 2. The van der Waals surface area contributed by atoms with E-state index in [1.165, 1.54) is 47.8 Å². The Morgan fingerprint density at radius 2 is 1.75 bits per heavy atom. The summed E-state index contributed by atoms with van der Waals surface area (Å²) in [6, 6.07) is 27.5. The molecule has 7 rings (SSSR count). The third kappa shape index (κ3) is 2.59. The van der Waals surface area contributed by atoms with Crippen LogP contribution in [0.2, 0.25) is 0 Å². The van der Waals surface area contributed by atoms with Crippen LogP contribution in [0.4, 0.5) is 0 Å². The van der Waals surface area contributed by atoms with Gasteiger partial charge in [-0.2, -0.15) is 0 Å². The fourth-order valence-electron chi connectivity index (χ4n) is 4.94. The molecule has 0 aliphatic carbocycles. The molecule has 3 aromatic carbocycles. The van der Waals surface area contributed by atoms with Crippen molar-refractivity contribution in [2.45, 2.75) is 13.5 Å². The van der Waals surface area contributed by atoms with Crippen molar-refractivity contribution in [2.24, 2.45) is 0 Å². The molecule has 0 saturated carbocycles. The monoisotopic (exact) mass is 609 g/mol. The van der Waals surface area contributed by atoms with E-state index in [9.17, 15) is 0 Å². The number of pyridine rings is 1. The zero-order valence-corrected chi connectivity index (χ0v) is 20.5. The number of hydrogen-bond donors (Lipinski definition) is 0. The number of aromatic nitrogens is 3. The second kappa shape index (κ2) is 7.28. The van der Waals surface area contributed by atoms with Crippen molar-refractivity contribution >= 4 is 59.8 Å². The van der Waals surface area contributed by atoms with Crippen molar-refractivity contribution in [1.29, 1.82) is 0 Å². The number of benzene rings is 3. The molecule has 0 unspecified atom stereocenters. The van der Waals surface area contributed by atoms with Gasteiger partial charge in [0.15, 0.2) is 0 Å². The molecule has 0 atom stereocenters. The second-order valence-corrected chi connectivity index (χ2v) is 8.93. The molecule has 0 saturated heterocycles. The first-order chi connectivity index (χ1) is 15.3. The average molecular weight is 609 g/mol. The molecule has 0 bridgehead atoms.